The van der Waals surface area contributed by atoms with Crippen LogP contribution < -0.4 is 5.73 Å². The van der Waals surface area contributed by atoms with Gasteiger partial charge in [0.2, 0.25) is 0 Å². The molecule has 2 nitrogen and oxygen atoms in total. The second-order valence-corrected chi connectivity index (χ2v) is 2.97. The molecule has 1 aromatic rings. The van der Waals surface area contributed by atoms with Crippen molar-refractivity contribution in [2.24, 2.45) is 0 Å². The summed E-state index contributed by atoms with van der Waals surface area (Å²) in [6.45, 7) is 1.94. The van der Waals surface area contributed by atoms with Gasteiger partial charge >= 0.3 is 0 Å². The van der Waals surface area contributed by atoms with Crippen LogP contribution in [-0.2, 0) is 0 Å². The van der Waals surface area contributed by atoms with Gasteiger partial charge in [0.15, 0.2) is 0 Å². The van der Waals surface area contributed by atoms with Crippen molar-refractivity contribution in [3.63, 3.8) is 0 Å². The Hall–Kier alpha value is -0.320. The lowest BCUT2D eigenvalue weighted by molar-refractivity contribution is 1.23. The maximum absolute atomic E-state index is 5.58. The minimum absolute atomic E-state index is 0.814. The van der Waals surface area contributed by atoms with Gasteiger partial charge in [-0.05, 0) is 41.1 Å². The number of pyridine rings is 1. The van der Waals surface area contributed by atoms with E-state index in [9.17, 15) is 0 Å². The summed E-state index contributed by atoms with van der Waals surface area (Å²) in [4.78, 5) is 4.05. The third kappa shape index (κ3) is 1.54. The van der Waals surface area contributed by atoms with Crippen LogP contribution in [0.3, 0.4) is 0 Å². The molecule has 0 radical (unpaired) electrons. The lowest BCUT2D eigenvalue weighted by atomic mass is 10.3. The number of rotatable bonds is 0. The van der Waals surface area contributed by atoms with E-state index < -0.39 is 0 Å². The van der Waals surface area contributed by atoms with Gasteiger partial charge < -0.3 is 5.73 Å². The van der Waals surface area contributed by atoms with Crippen LogP contribution in [0.25, 0.3) is 0 Å². The van der Waals surface area contributed by atoms with Crippen LogP contribution >= 0.6 is 22.6 Å². The summed E-state index contributed by atoms with van der Waals surface area (Å²) in [5, 5.41) is 0. The van der Waals surface area contributed by atoms with E-state index in [1.54, 1.807) is 6.20 Å². The van der Waals surface area contributed by atoms with Crippen LogP contribution in [0, 0.1) is 10.6 Å². The monoisotopic (exact) mass is 234 g/mol. The molecule has 0 bridgehead atoms. The molecule has 1 rings (SSSR count). The summed E-state index contributed by atoms with van der Waals surface area (Å²) in [5.41, 5.74) is 7.43. The van der Waals surface area contributed by atoms with Gasteiger partial charge in [-0.2, -0.15) is 0 Å². The predicted octanol–water partition coefficient (Wildman–Crippen LogP) is 1.58. The third-order valence-corrected chi connectivity index (χ3v) is 1.70. The highest BCUT2D eigenvalue weighted by molar-refractivity contribution is 14.1. The molecule has 0 saturated heterocycles. The zero-order valence-electron chi connectivity index (χ0n) is 5.06. The van der Waals surface area contributed by atoms with E-state index in [2.05, 4.69) is 27.6 Å². The van der Waals surface area contributed by atoms with Gasteiger partial charge in [0, 0.05) is 11.9 Å². The van der Waals surface area contributed by atoms with Gasteiger partial charge in [-0.15, -0.1) is 0 Å². The third-order valence-electron chi connectivity index (χ3n) is 1.11. The first-order valence-electron chi connectivity index (χ1n) is 2.58. The van der Waals surface area contributed by atoms with E-state index in [1.807, 2.05) is 13.0 Å². The molecule has 48 valence electrons. The molecule has 0 atom stereocenters. The van der Waals surface area contributed by atoms with E-state index in [-0.39, 0.29) is 0 Å². The molecule has 3 heteroatoms. The van der Waals surface area contributed by atoms with Crippen molar-refractivity contribution in [1.82, 2.24) is 4.98 Å². The summed E-state index contributed by atoms with van der Waals surface area (Å²) < 4.78 is 0.940. The van der Waals surface area contributed by atoms with Crippen molar-refractivity contribution in [3.05, 3.63) is 21.5 Å². The Morgan fingerprint density at radius 1 is 1.67 bits per heavy atom. The number of hydrogen-bond donors (Lipinski definition) is 1. The molecular weight excluding hydrogens is 227 g/mol. The number of halogens is 1. The molecule has 1 heterocycles. The van der Waals surface area contributed by atoms with Crippen LogP contribution in [0.1, 0.15) is 5.56 Å². The summed E-state index contributed by atoms with van der Waals surface area (Å²) in [5.74, 6) is 0. The molecular formula is C6H7IN2. The second-order valence-electron chi connectivity index (χ2n) is 1.86. The average molecular weight is 234 g/mol. The number of anilines is 1. The highest BCUT2D eigenvalue weighted by Crippen LogP contribution is 2.10. The lowest BCUT2D eigenvalue weighted by Crippen LogP contribution is -1.91. The molecule has 0 fully saturated rings. The minimum Gasteiger partial charge on any atom is -0.398 e. The topological polar surface area (TPSA) is 38.9 Å². The molecule has 0 spiro atoms. The SMILES string of the molecule is Cc1cnc(I)cc1N. The highest BCUT2D eigenvalue weighted by atomic mass is 127. The Bertz CT molecular complexity index is 222. The van der Waals surface area contributed by atoms with Gasteiger partial charge in [0.05, 0.1) is 0 Å². The number of aryl methyl sites for hydroxylation is 1. The van der Waals surface area contributed by atoms with E-state index in [0.29, 0.717) is 0 Å². The van der Waals surface area contributed by atoms with Crippen LogP contribution in [0.2, 0.25) is 0 Å². The number of nitrogens with two attached hydrogens (primary N) is 1. The summed E-state index contributed by atoms with van der Waals surface area (Å²) in [7, 11) is 0. The number of nitrogen functional groups attached to an aromatic ring is 1. The van der Waals surface area contributed by atoms with Crippen molar-refractivity contribution >= 4 is 28.3 Å². The molecule has 0 aliphatic carbocycles. The standard InChI is InChI=1S/C6H7IN2/c1-4-3-9-6(7)2-5(4)8/h2-3H,1H3,(H2,8,9). The normalized spacial score (nSPS) is 9.56. The molecule has 1 aromatic heterocycles. The van der Waals surface area contributed by atoms with Crippen molar-refractivity contribution in [2.45, 2.75) is 6.92 Å². The Kier molecular flexibility index (Phi) is 1.90. The Morgan fingerprint density at radius 3 is 2.78 bits per heavy atom. The van der Waals surface area contributed by atoms with Crippen molar-refractivity contribution in [3.8, 4) is 0 Å². The van der Waals surface area contributed by atoms with E-state index in [0.717, 1.165) is 15.0 Å². The molecule has 0 saturated carbocycles. The zero-order valence-corrected chi connectivity index (χ0v) is 7.21. The van der Waals surface area contributed by atoms with Gasteiger partial charge in [0.25, 0.3) is 0 Å². The summed E-state index contributed by atoms with van der Waals surface area (Å²) >= 11 is 2.13. The van der Waals surface area contributed by atoms with Crippen LogP contribution in [0.5, 0.6) is 0 Å². The zero-order chi connectivity index (χ0) is 6.85. The Labute approximate surface area is 67.6 Å². The fraction of sp³-hybridized carbons (Fsp3) is 0.167. The van der Waals surface area contributed by atoms with Crippen LogP contribution in [-0.4, -0.2) is 4.98 Å². The molecule has 0 unspecified atom stereocenters. The molecule has 0 aliphatic rings. The minimum atomic E-state index is 0.814. The fourth-order valence-electron chi connectivity index (χ4n) is 0.512. The smallest absolute Gasteiger partial charge is 0.103 e. The van der Waals surface area contributed by atoms with Crippen LogP contribution in [0.4, 0.5) is 5.69 Å². The molecule has 0 amide bonds. The van der Waals surface area contributed by atoms with E-state index in [4.69, 9.17) is 5.73 Å². The highest BCUT2D eigenvalue weighted by Gasteiger charge is 1.92. The first-order chi connectivity index (χ1) is 4.20. The molecule has 0 aromatic carbocycles. The van der Waals surface area contributed by atoms with Gasteiger partial charge in [-0.3, -0.25) is 0 Å². The molecule has 9 heavy (non-hydrogen) atoms. The quantitative estimate of drug-likeness (QED) is 0.546. The van der Waals surface area contributed by atoms with Gasteiger partial charge in [-0.25, -0.2) is 4.98 Å². The van der Waals surface area contributed by atoms with Crippen molar-refractivity contribution in [1.29, 1.82) is 0 Å². The van der Waals surface area contributed by atoms with E-state index >= 15 is 0 Å². The first kappa shape index (κ1) is 6.80. The molecule has 2 N–H and O–H groups in total. The molecule has 0 aliphatic heterocycles. The lowest BCUT2D eigenvalue weighted by Gasteiger charge is -1.96. The fourth-order valence-corrected chi connectivity index (χ4v) is 0.987. The largest absolute Gasteiger partial charge is 0.398 e. The number of aromatic nitrogens is 1. The Morgan fingerprint density at radius 2 is 2.33 bits per heavy atom. The predicted molar refractivity (Wildman–Crippen MR) is 46.1 cm³/mol. The maximum atomic E-state index is 5.58. The van der Waals surface area contributed by atoms with E-state index in [1.165, 1.54) is 0 Å². The number of hydrogen-bond acceptors (Lipinski definition) is 2. The first-order valence-corrected chi connectivity index (χ1v) is 3.65. The van der Waals surface area contributed by atoms with Gasteiger partial charge in [-0.1, -0.05) is 0 Å². The van der Waals surface area contributed by atoms with Crippen molar-refractivity contribution in [2.75, 3.05) is 5.73 Å². The maximum Gasteiger partial charge on any atom is 0.103 e. The Balaban J connectivity index is 3.17. The summed E-state index contributed by atoms with van der Waals surface area (Å²) in [6, 6.07) is 1.86. The van der Waals surface area contributed by atoms with Gasteiger partial charge in [0.1, 0.15) is 3.70 Å². The van der Waals surface area contributed by atoms with Crippen molar-refractivity contribution < 1.29 is 0 Å². The second kappa shape index (κ2) is 2.51. The summed E-state index contributed by atoms with van der Waals surface area (Å²) in [6.07, 6.45) is 1.77. The number of nitrogens with zero attached hydrogens (tertiary/aromatic N) is 1. The average Bonchev–Trinajstić information content (AvgIpc) is 1.80. The van der Waals surface area contributed by atoms with Crippen LogP contribution in [0.15, 0.2) is 12.3 Å².